The minimum Gasteiger partial charge on any atom is -0.478 e. The smallest absolute Gasteiger partial charge is 0.338 e. The van der Waals surface area contributed by atoms with Crippen molar-refractivity contribution in [3.63, 3.8) is 0 Å². The summed E-state index contributed by atoms with van der Waals surface area (Å²) >= 11 is 1.45. The van der Waals surface area contributed by atoms with Crippen molar-refractivity contribution < 1.29 is 18.7 Å². The van der Waals surface area contributed by atoms with Gasteiger partial charge < -0.3 is 9.52 Å². The van der Waals surface area contributed by atoms with Crippen LogP contribution in [-0.4, -0.2) is 16.1 Å². The van der Waals surface area contributed by atoms with E-state index in [4.69, 9.17) is 9.52 Å². The maximum Gasteiger partial charge on any atom is 0.338 e. The third kappa shape index (κ3) is 3.60. The lowest BCUT2D eigenvalue weighted by Gasteiger charge is -2.06. The van der Waals surface area contributed by atoms with Crippen molar-refractivity contribution in [1.29, 1.82) is 0 Å². The standard InChI is InChI=1S/C24H16FNO3S/c1-3-14-12-22(29-21(14)4-2)23-26-20(13-30-23)17-7-5-6-15(10-17)16-8-9-19(25)18(11-16)24(27)28/h3-13H,1-2H2,(H,27,28). The molecular formula is C24H16FNO3S. The molecule has 2 aromatic carbocycles. The maximum absolute atomic E-state index is 13.7. The molecule has 0 aliphatic carbocycles. The molecule has 0 bridgehead atoms. The van der Waals surface area contributed by atoms with E-state index in [-0.39, 0.29) is 5.56 Å². The lowest BCUT2D eigenvalue weighted by atomic mass is 10.00. The highest BCUT2D eigenvalue weighted by atomic mass is 32.1. The van der Waals surface area contributed by atoms with E-state index in [1.165, 1.54) is 17.4 Å². The highest BCUT2D eigenvalue weighted by molar-refractivity contribution is 7.13. The Hall–Kier alpha value is -3.77. The summed E-state index contributed by atoms with van der Waals surface area (Å²) in [6.07, 6.45) is 3.34. The molecule has 0 amide bonds. The lowest BCUT2D eigenvalue weighted by Crippen LogP contribution is -2.00. The molecule has 0 saturated carbocycles. The van der Waals surface area contributed by atoms with Gasteiger partial charge in [0, 0.05) is 16.5 Å². The summed E-state index contributed by atoms with van der Waals surface area (Å²) in [6.45, 7) is 7.52. The number of thiazole rings is 1. The Kier molecular flexibility index (Phi) is 5.16. The normalized spacial score (nSPS) is 10.7. The average molecular weight is 417 g/mol. The fourth-order valence-corrected chi connectivity index (χ4v) is 3.87. The molecule has 2 heterocycles. The first-order valence-corrected chi connectivity index (χ1v) is 9.86. The zero-order chi connectivity index (χ0) is 21.3. The third-order valence-electron chi connectivity index (χ3n) is 4.60. The highest BCUT2D eigenvalue weighted by Gasteiger charge is 2.15. The topological polar surface area (TPSA) is 63.3 Å². The zero-order valence-corrected chi connectivity index (χ0v) is 16.6. The Morgan fingerprint density at radius 2 is 1.83 bits per heavy atom. The Labute approximate surface area is 176 Å². The van der Waals surface area contributed by atoms with Crippen molar-refractivity contribution in [2.75, 3.05) is 0 Å². The molecule has 0 aliphatic heterocycles. The molecular weight excluding hydrogens is 401 g/mol. The molecule has 2 aromatic heterocycles. The van der Waals surface area contributed by atoms with Gasteiger partial charge in [0.25, 0.3) is 0 Å². The Morgan fingerprint density at radius 1 is 1.07 bits per heavy atom. The van der Waals surface area contributed by atoms with E-state index >= 15 is 0 Å². The molecule has 0 spiro atoms. The van der Waals surface area contributed by atoms with Gasteiger partial charge in [0.1, 0.15) is 11.6 Å². The highest BCUT2D eigenvalue weighted by Crippen LogP contribution is 2.34. The number of rotatable bonds is 6. The van der Waals surface area contributed by atoms with E-state index in [2.05, 4.69) is 18.1 Å². The molecule has 148 valence electrons. The number of hydrogen-bond acceptors (Lipinski definition) is 4. The molecule has 4 rings (SSSR count). The minimum absolute atomic E-state index is 0.359. The minimum atomic E-state index is -1.30. The molecule has 4 aromatic rings. The summed E-state index contributed by atoms with van der Waals surface area (Å²) in [6, 6.07) is 13.4. The Bertz CT molecular complexity index is 1260. The van der Waals surface area contributed by atoms with Crippen molar-refractivity contribution in [3.8, 4) is 33.2 Å². The van der Waals surface area contributed by atoms with Crippen molar-refractivity contribution in [2.24, 2.45) is 0 Å². The number of furan rings is 1. The van der Waals surface area contributed by atoms with Crippen LogP contribution in [0, 0.1) is 5.82 Å². The Balaban J connectivity index is 1.70. The van der Waals surface area contributed by atoms with Gasteiger partial charge in [0.2, 0.25) is 0 Å². The molecule has 0 fully saturated rings. The van der Waals surface area contributed by atoms with Crippen molar-refractivity contribution in [2.45, 2.75) is 0 Å². The number of nitrogens with zero attached hydrogens (tertiary/aromatic N) is 1. The van der Waals surface area contributed by atoms with Crippen LogP contribution in [0.25, 0.3) is 45.3 Å². The lowest BCUT2D eigenvalue weighted by molar-refractivity contribution is 0.0692. The summed E-state index contributed by atoms with van der Waals surface area (Å²) < 4.78 is 19.5. The van der Waals surface area contributed by atoms with Crippen LogP contribution in [0.3, 0.4) is 0 Å². The van der Waals surface area contributed by atoms with E-state index in [0.717, 1.165) is 33.5 Å². The molecule has 0 saturated heterocycles. The largest absolute Gasteiger partial charge is 0.478 e. The van der Waals surface area contributed by atoms with Gasteiger partial charge in [0.15, 0.2) is 10.8 Å². The molecule has 0 aliphatic rings. The first kappa shape index (κ1) is 19.5. The quantitative estimate of drug-likeness (QED) is 0.372. The second-order valence-corrected chi connectivity index (χ2v) is 7.32. The monoisotopic (exact) mass is 417 g/mol. The number of halogens is 1. The number of carboxylic acid groups (broad SMARTS) is 1. The average Bonchev–Trinajstić information content (AvgIpc) is 3.41. The van der Waals surface area contributed by atoms with Crippen LogP contribution in [0.1, 0.15) is 21.7 Å². The van der Waals surface area contributed by atoms with Crippen molar-refractivity contribution >= 4 is 29.5 Å². The molecule has 0 radical (unpaired) electrons. The molecule has 6 heteroatoms. The van der Waals surface area contributed by atoms with Crippen LogP contribution < -0.4 is 0 Å². The van der Waals surface area contributed by atoms with Gasteiger partial charge in [-0.1, -0.05) is 43.5 Å². The second-order valence-electron chi connectivity index (χ2n) is 6.46. The SMILES string of the molecule is C=Cc1cc(-c2nc(-c3cccc(-c4ccc(F)c(C(=O)O)c4)c3)cs2)oc1C=C. The summed E-state index contributed by atoms with van der Waals surface area (Å²) in [7, 11) is 0. The van der Waals surface area contributed by atoms with Gasteiger partial charge in [-0.15, -0.1) is 11.3 Å². The first-order valence-electron chi connectivity index (χ1n) is 8.98. The molecule has 1 N–H and O–H groups in total. The van der Waals surface area contributed by atoms with Crippen LogP contribution in [0.5, 0.6) is 0 Å². The number of hydrogen-bond donors (Lipinski definition) is 1. The first-order chi connectivity index (χ1) is 14.5. The molecule has 0 unspecified atom stereocenters. The number of benzene rings is 2. The second kappa shape index (κ2) is 7.93. The van der Waals surface area contributed by atoms with Crippen LogP contribution in [0.2, 0.25) is 0 Å². The summed E-state index contributed by atoms with van der Waals surface area (Å²) in [5.74, 6) is -0.783. The number of carboxylic acids is 1. The van der Waals surface area contributed by atoms with Crippen molar-refractivity contribution in [1.82, 2.24) is 4.98 Å². The van der Waals surface area contributed by atoms with Crippen LogP contribution in [-0.2, 0) is 0 Å². The van der Waals surface area contributed by atoms with Gasteiger partial charge in [-0.3, -0.25) is 0 Å². The summed E-state index contributed by atoms with van der Waals surface area (Å²) in [5.41, 5.74) is 3.49. The van der Waals surface area contributed by atoms with Gasteiger partial charge in [-0.2, -0.15) is 0 Å². The molecule has 4 nitrogen and oxygen atoms in total. The van der Waals surface area contributed by atoms with Crippen LogP contribution in [0.15, 0.2) is 71.5 Å². The van der Waals surface area contributed by atoms with E-state index in [1.807, 2.05) is 35.7 Å². The van der Waals surface area contributed by atoms with Gasteiger partial charge in [0.05, 0.1) is 11.3 Å². The van der Waals surface area contributed by atoms with Gasteiger partial charge in [-0.25, -0.2) is 14.2 Å². The van der Waals surface area contributed by atoms with E-state index in [9.17, 15) is 9.18 Å². The van der Waals surface area contributed by atoms with Crippen LogP contribution >= 0.6 is 11.3 Å². The predicted octanol–water partition coefficient (Wildman–Crippen LogP) is 6.86. The van der Waals surface area contributed by atoms with Crippen LogP contribution in [0.4, 0.5) is 4.39 Å². The zero-order valence-electron chi connectivity index (χ0n) is 15.8. The molecule has 0 atom stereocenters. The fourth-order valence-electron chi connectivity index (χ4n) is 3.09. The third-order valence-corrected chi connectivity index (χ3v) is 5.46. The number of aromatic nitrogens is 1. The predicted molar refractivity (Wildman–Crippen MR) is 118 cm³/mol. The summed E-state index contributed by atoms with van der Waals surface area (Å²) in [5, 5.41) is 11.8. The molecule has 30 heavy (non-hydrogen) atoms. The van der Waals surface area contributed by atoms with E-state index in [0.29, 0.717) is 17.1 Å². The van der Waals surface area contributed by atoms with E-state index in [1.54, 1.807) is 18.2 Å². The van der Waals surface area contributed by atoms with Gasteiger partial charge >= 0.3 is 5.97 Å². The number of carbonyl (C=O) groups is 1. The Morgan fingerprint density at radius 3 is 2.53 bits per heavy atom. The fraction of sp³-hybridized carbons (Fsp3) is 0. The number of aromatic carboxylic acids is 1. The maximum atomic E-state index is 13.7. The van der Waals surface area contributed by atoms with Crippen molar-refractivity contribution in [3.05, 3.63) is 89.8 Å². The summed E-state index contributed by atoms with van der Waals surface area (Å²) in [4.78, 5) is 15.9. The van der Waals surface area contributed by atoms with Gasteiger partial charge in [-0.05, 0) is 41.5 Å². The van der Waals surface area contributed by atoms with E-state index < -0.39 is 11.8 Å².